The molecule has 0 radical (unpaired) electrons. The van der Waals surface area contributed by atoms with Crippen molar-refractivity contribution in [1.29, 1.82) is 0 Å². The number of esters is 1. The molecule has 0 saturated carbocycles. The van der Waals surface area contributed by atoms with Gasteiger partial charge in [0.05, 0.1) is 29.5 Å². The van der Waals surface area contributed by atoms with Crippen LogP contribution in [0.4, 0.5) is 0 Å². The monoisotopic (exact) mass is 670 g/mol. The number of nitrogens with zero attached hydrogens (tertiary/aromatic N) is 3. The summed E-state index contributed by atoms with van der Waals surface area (Å²) in [5.41, 5.74) is 1.52. The van der Waals surface area contributed by atoms with Crippen LogP contribution in [-0.4, -0.2) is 34.2 Å². The summed E-state index contributed by atoms with van der Waals surface area (Å²) in [6.07, 6.45) is 2.91. The topological polar surface area (TPSA) is 129 Å². The highest BCUT2D eigenvalue weighted by Gasteiger charge is 2.36. The van der Waals surface area contributed by atoms with Crippen molar-refractivity contribution >= 4 is 51.1 Å². The average Bonchev–Trinajstić information content (AvgIpc) is 3.50. The predicted octanol–water partition coefficient (Wildman–Crippen LogP) is 4.49. The highest BCUT2D eigenvalue weighted by atomic mass is 79.9. The van der Waals surface area contributed by atoms with E-state index in [0.717, 1.165) is 10.9 Å². The Morgan fingerprint density at radius 1 is 1.24 bits per heavy atom. The van der Waals surface area contributed by atoms with Crippen LogP contribution in [0.1, 0.15) is 49.7 Å². The minimum Gasteiger partial charge on any atom is -0.496 e. The summed E-state index contributed by atoms with van der Waals surface area (Å²) >= 11 is 5.90. The zero-order valence-electron chi connectivity index (χ0n) is 23.2. The van der Waals surface area contributed by atoms with Crippen molar-refractivity contribution < 1.29 is 18.7 Å². The van der Waals surface area contributed by atoms with Gasteiger partial charge in [-0.2, -0.15) is 0 Å². The van der Waals surface area contributed by atoms with E-state index in [9.17, 15) is 14.4 Å². The second kappa shape index (κ2) is 12.7. The molecule has 0 fully saturated rings. The number of furan rings is 1. The van der Waals surface area contributed by atoms with Crippen LogP contribution in [0.2, 0.25) is 0 Å². The highest BCUT2D eigenvalue weighted by Crippen LogP contribution is 2.38. The molecule has 1 aliphatic rings. The van der Waals surface area contributed by atoms with Gasteiger partial charge in [0.25, 0.3) is 11.1 Å². The number of rotatable bonds is 9. The maximum Gasteiger partial charge on any atom is 0.338 e. The Hall–Kier alpha value is -3.68. The van der Waals surface area contributed by atoms with Gasteiger partial charge in [-0.1, -0.05) is 40.6 Å². The Balaban J connectivity index is 1.65. The van der Waals surface area contributed by atoms with E-state index in [1.807, 2.05) is 19.1 Å². The molecule has 218 valence electrons. The molecular weight excluding hydrogens is 644 g/mol. The Bertz CT molecular complexity index is 1940. The number of benzene rings is 1. The molecule has 4 aromatic rings. The number of H-pyrrole nitrogens is 1. The number of fused-ring (bicyclic) bond motifs is 1. The van der Waals surface area contributed by atoms with Gasteiger partial charge in [-0.3, -0.25) is 14.2 Å². The maximum absolute atomic E-state index is 14.0. The fourth-order valence-corrected chi connectivity index (χ4v) is 6.81. The average molecular weight is 672 g/mol. The zero-order valence-corrected chi connectivity index (χ0v) is 26.4. The van der Waals surface area contributed by atoms with Gasteiger partial charge in [0.15, 0.2) is 15.1 Å². The fourth-order valence-electron chi connectivity index (χ4n) is 4.63. The molecule has 3 aromatic heterocycles. The van der Waals surface area contributed by atoms with Crippen LogP contribution in [0.5, 0.6) is 5.75 Å². The standard InChI is InChI=1S/C29H27BrN4O6S2/c1-5-7-19-24(27(37)39-6-2)25(18-13-16(30)8-10-20(18)38-4)34-26(36)21(41-29(34)32-19)14-17-9-11-23(40-17)42-28-31-15(3)12-22(35)33-28/h8-14,25H,5-7H2,1-4H3,(H,31,33,35)/b21-14-/t25-/m1/s1. The minimum absolute atomic E-state index is 0.180. The molecule has 0 aliphatic carbocycles. The van der Waals surface area contributed by atoms with Gasteiger partial charge >= 0.3 is 5.97 Å². The van der Waals surface area contributed by atoms with E-state index in [1.54, 1.807) is 45.2 Å². The first-order valence-corrected chi connectivity index (χ1v) is 15.6. The molecular formula is C29H27BrN4O6S2. The molecule has 0 amide bonds. The SMILES string of the molecule is CCCC1=C(C(=O)OCC)[C@@H](c2cc(Br)ccc2OC)n2c(s/c(=C\c3ccc(Sc4nc(C)cc(=O)[nH]4)o3)c2=O)=N1. The smallest absolute Gasteiger partial charge is 0.338 e. The molecule has 5 rings (SSSR count). The molecule has 42 heavy (non-hydrogen) atoms. The first-order chi connectivity index (χ1) is 20.2. The van der Waals surface area contributed by atoms with Crippen molar-refractivity contribution in [3.63, 3.8) is 0 Å². The quantitative estimate of drug-likeness (QED) is 0.204. The number of ether oxygens (including phenoxy) is 2. The van der Waals surface area contributed by atoms with Crippen molar-refractivity contribution in [2.45, 2.75) is 49.9 Å². The number of aryl methyl sites for hydroxylation is 1. The number of aromatic nitrogens is 3. The van der Waals surface area contributed by atoms with Crippen molar-refractivity contribution in [3.05, 3.63) is 99.2 Å². The fraction of sp³-hybridized carbons (Fsp3) is 0.276. The van der Waals surface area contributed by atoms with Gasteiger partial charge in [0, 0.05) is 27.9 Å². The van der Waals surface area contributed by atoms with Gasteiger partial charge in [0.1, 0.15) is 17.6 Å². The number of hydrogen-bond acceptors (Lipinski definition) is 10. The van der Waals surface area contributed by atoms with Crippen LogP contribution >= 0.6 is 39.0 Å². The van der Waals surface area contributed by atoms with Crippen LogP contribution in [0.15, 0.2) is 81.4 Å². The number of hydrogen-bond donors (Lipinski definition) is 1. The van der Waals surface area contributed by atoms with Crippen LogP contribution in [0, 0.1) is 6.92 Å². The lowest BCUT2D eigenvalue weighted by atomic mass is 9.93. The largest absolute Gasteiger partial charge is 0.496 e. The zero-order chi connectivity index (χ0) is 30.0. The number of carbonyl (C=O) groups is 1. The summed E-state index contributed by atoms with van der Waals surface area (Å²) in [5.74, 6) is 0.432. The lowest BCUT2D eigenvalue weighted by molar-refractivity contribution is -0.139. The van der Waals surface area contributed by atoms with E-state index >= 15 is 0 Å². The van der Waals surface area contributed by atoms with E-state index in [1.165, 1.54) is 33.7 Å². The molecule has 10 nitrogen and oxygen atoms in total. The van der Waals surface area contributed by atoms with Gasteiger partial charge in [0.2, 0.25) is 0 Å². The lowest BCUT2D eigenvalue weighted by Gasteiger charge is -2.27. The number of halogens is 1. The van der Waals surface area contributed by atoms with Crippen LogP contribution in [0.25, 0.3) is 6.08 Å². The third-order valence-corrected chi connectivity index (χ3v) is 8.58. The third kappa shape index (κ3) is 6.08. The van der Waals surface area contributed by atoms with Crippen molar-refractivity contribution in [2.24, 2.45) is 4.99 Å². The molecule has 1 atom stereocenters. The molecule has 1 aliphatic heterocycles. The molecule has 0 bridgehead atoms. The van der Waals surface area contributed by atoms with E-state index in [0.29, 0.717) is 60.0 Å². The Kier molecular flexibility index (Phi) is 8.99. The second-order valence-corrected chi connectivity index (χ2v) is 12.2. The van der Waals surface area contributed by atoms with Crippen molar-refractivity contribution in [3.8, 4) is 5.75 Å². The van der Waals surface area contributed by atoms with E-state index in [-0.39, 0.29) is 17.7 Å². The number of allylic oxidation sites excluding steroid dienone is 1. The first kappa shape index (κ1) is 29.8. The number of aromatic amines is 1. The van der Waals surface area contributed by atoms with Gasteiger partial charge < -0.3 is 18.9 Å². The van der Waals surface area contributed by atoms with E-state index in [4.69, 9.17) is 18.9 Å². The summed E-state index contributed by atoms with van der Waals surface area (Å²) in [7, 11) is 1.55. The molecule has 0 unspecified atom stereocenters. The van der Waals surface area contributed by atoms with Gasteiger partial charge in [-0.05, 0) is 62.4 Å². The molecule has 1 aromatic carbocycles. The molecule has 0 spiro atoms. The molecule has 4 heterocycles. The number of thiazole rings is 1. The summed E-state index contributed by atoms with van der Waals surface area (Å²) in [6.45, 7) is 5.66. The van der Waals surface area contributed by atoms with E-state index in [2.05, 4.69) is 25.9 Å². The lowest BCUT2D eigenvalue weighted by Crippen LogP contribution is -2.40. The molecule has 0 saturated heterocycles. The second-order valence-electron chi connectivity index (χ2n) is 9.25. The molecule has 13 heteroatoms. The Morgan fingerprint density at radius 3 is 2.76 bits per heavy atom. The normalized spacial score (nSPS) is 15.0. The van der Waals surface area contributed by atoms with Crippen molar-refractivity contribution in [1.82, 2.24) is 14.5 Å². The number of nitrogens with one attached hydrogen (secondary N) is 1. The Morgan fingerprint density at radius 2 is 2.05 bits per heavy atom. The number of methoxy groups -OCH3 is 1. The van der Waals surface area contributed by atoms with Crippen LogP contribution in [-0.2, 0) is 9.53 Å². The minimum atomic E-state index is -0.816. The summed E-state index contributed by atoms with van der Waals surface area (Å²) in [6, 6.07) is 9.53. The first-order valence-electron chi connectivity index (χ1n) is 13.1. The highest BCUT2D eigenvalue weighted by molar-refractivity contribution is 9.10. The van der Waals surface area contributed by atoms with Crippen LogP contribution < -0.4 is 25.2 Å². The summed E-state index contributed by atoms with van der Waals surface area (Å²) < 4.78 is 19.7. The third-order valence-electron chi connectivity index (χ3n) is 6.30. The van der Waals surface area contributed by atoms with Gasteiger partial charge in [-0.25, -0.2) is 14.8 Å². The number of carbonyl (C=O) groups excluding carboxylic acids is 1. The predicted molar refractivity (Wildman–Crippen MR) is 163 cm³/mol. The van der Waals surface area contributed by atoms with Gasteiger partial charge in [-0.15, -0.1) is 0 Å². The molecule has 1 N–H and O–H groups in total. The summed E-state index contributed by atoms with van der Waals surface area (Å²) in [4.78, 5) is 51.4. The summed E-state index contributed by atoms with van der Waals surface area (Å²) in [5, 5.41) is 0.896. The Labute approximate surface area is 256 Å². The van der Waals surface area contributed by atoms with E-state index < -0.39 is 12.0 Å². The van der Waals surface area contributed by atoms with Crippen LogP contribution in [0.3, 0.4) is 0 Å². The maximum atomic E-state index is 14.0. The van der Waals surface area contributed by atoms with Crippen molar-refractivity contribution in [2.75, 3.05) is 13.7 Å².